The molecule has 0 bridgehead atoms. The lowest BCUT2D eigenvalue weighted by Gasteiger charge is -2.34. The number of ether oxygens (including phenoxy) is 1. The van der Waals surface area contributed by atoms with E-state index in [0.717, 1.165) is 38.0 Å². The maximum atomic E-state index is 12.4. The normalized spacial score (nSPS) is 27.9. The van der Waals surface area contributed by atoms with Gasteiger partial charge in [0.05, 0.1) is 17.8 Å². The van der Waals surface area contributed by atoms with Gasteiger partial charge in [-0.25, -0.2) is 0 Å². The molecule has 2 aliphatic heterocycles. The van der Waals surface area contributed by atoms with E-state index in [1.807, 2.05) is 11.8 Å². The Labute approximate surface area is 119 Å². The minimum Gasteiger partial charge on any atom is -0.466 e. The number of rotatable bonds is 3. The average molecular weight is 285 g/mol. The molecule has 2 saturated heterocycles. The van der Waals surface area contributed by atoms with E-state index in [9.17, 15) is 9.59 Å². The van der Waals surface area contributed by atoms with Crippen molar-refractivity contribution in [2.45, 2.75) is 44.3 Å². The molecule has 0 aromatic carbocycles. The van der Waals surface area contributed by atoms with Crippen molar-refractivity contribution >= 4 is 23.6 Å². The summed E-state index contributed by atoms with van der Waals surface area (Å²) in [6, 6.07) is 0. The van der Waals surface area contributed by atoms with Crippen molar-refractivity contribution in [2.24, 2.45) is 5.92 Å². The smallest absolute Gasteiger partial charge is 0.310 e. The Morgan fingerprint density at radius 2 is 2.11 bits per heavy atom. The highest BCUT2D eigenvalue weighted by molar-refractivity contribution is 8.00. The van der Waals surface area contributed by atoms with Gasteiger partial charge in [0.1, 0.15) is 0 Å². The number of carbonyl (C=O) groups is 2. The Morgan fingerprint density at radius 1 is 1.26 bits per heavy atom. The molecule has 2 fully saturated rings. The lowest BCUT2D eigenvalue weighted by Crippen LogP contribution is -2.46. The summed E-state index contributed by atoms with van der Waals surface area (Å²) < 4.78 is 5.07. The van der Waals surface area contributed by atoms with Gasteiger partial charge in [-0.2, -0.15) is 0 Å². The van der Waals surface area contributed by atoms with Gasteiger partial charge in [0.15, 0.2) is 0 Å². The number of hydrogen-bond donors (Lipinski definition) is 0. The highest BCUT2D eigenvalue weighted by Crippen LogP contribution is 2.28. The molecule has 2 heterocycles. The topological polar surface area (TPSA) is 46.6 Å². The van der Waals surface area contributed by atoms with Crippen LogP contribution < -0.4 is 0 Å². The number of amides is 1. The van der Waals surface area contributed by atoms with Crippen molar-refractivity contribution in [1.29, 1.82) is 0 Å². The third kappa shape index (κ3) is 3.88. The first-order chi connectivity index (χ1) is 9.22. The van der Waals surface area contributed by atoms with Gasteiger partial charge in [-0.1, -0.05) is 6.42 Å². The molecule has 2 unspecified atom stereocenters. The molecule has 0 aromatic heterocycles. The summed E-state index contributed by atoms with van der Waals surface area (Å²) in [6.45, 7) is 3.59. The number of likely N-dealkylation sites (tertiary alicyclic amines) is 1. The molecule has 19 heavy (non-hydrogen) atoms. The van der Waals surface area contributed by atoms with Crippen LogP contribution in [0.2, 0.25) is 0 Å². The summed E-state index contributed by atoms with van der Waals surface area (Å²) in [5.74, 6) is 1.06. The van der Waals surface area contributed by atoms with Crippen molar-refractivity contribution in [3.63, 3.8) is 0 Å². The monoisotopic (exact) mass is 285 g/mol. The van der Waals surface area contributed by atoms with E-state index in [4.69, 9.17) is 4.74 Å². The van der Waals surface area contributed by atoms with Crippen molar-refractivity contribution in [3.05, 3.63) is 0 Å². The molecule has 0 saturated carbocycles. The standard InChI is InChI=1S/C14H23NO3S/c1-2-18-14(17)11-6-5-8-15(10-11)13(16)12-7-3-4-9-19-12/h11-12H,2-10H2,1H3. The molecule has 0 radical (unpaired) electrons. The van der Waals surface area contributed by atoms with Crippen LogP contribution in [0.1, 0.15) is 39.0 Å². The van der Waals surface area contributed by atoms with Gasteiger partial charge in [0.25, 0.3) is 0 Å². The maximum absolute atomic E-state index is 12.4. The second-order valence-corrected chi connectivity index (χ2v) is 6.54. The fourth-order valence-electron chi connectivity index (χ4n) is 2.77. The van der Waals surface area contributed by atoms with Crippen LogP contribution in [-0.2, 0) is 14.3 Å². The van der Waals surface area contributed by atoms with Crippen molar-refractivity contribution in [2.75, 3.05) is 25.4 Å². The number of nitrogens with zero attached hydrogens (tertiary/aromatic N) is 1. The lowest BCUT2D eigenvalue weighted by molar-refractivity contribution is -0.151. The first kappa shape index (κ1) is 14.7. The third-order valence-corrected chi connectivity index (χ3v) is 5.17. The van der Waals surface area contributed by atoms with Crippen molar-refractivity contribution in [1.82, 2.24) is 4.90 Å². The Hall–Kier alpha value is -0.710. The van der Waals surface area contributed by atoms with Crippen LogP contribution in [0.5, 0.6) is 0 Å². The minimum atomic E-state index is -0.142. The zero-order chi connectivity index (χ0) is 13.7. The summed E-state index contributed by atoms with van der Waals surface area (Å²) in [6.07, 6.45) is 5.12. The van der Waals surface area contributed by atoms with Gasteiger partial charge in [-0.3, -0.25) is 9.59 Å². The van der Waals surface area contributed by atoms with Gasteiger partial charge in [-0.05, 0) is 38.4 Å². The van der Waals surface area contributed by atoms with Crippen LogP contribution in [0.3, 0.4) is 0 Å². The summed E-state index contributed by atoms with van der Waals surface area (Å²) >= 11 is 1.78. The fourth-order valence-corrected chi connectivity index (χ4v) is 4.05. The van der Waals surface area contributed by atoms with E-state index in [0.29, 0.717) is 13.2 Å². The quantitative estimate of drug-likeness (QED) is 0.745. The van der Waals surface area contributed by atoms with Gasteiger partial charge in [0, 0.05) is 13.1 Å². The van der Waals surface area contributed by atoms with Crippen LogP contribution in [-0.4, -0.2) is 47.5 Å². The minimum absolute atomic E-state index is 0.119. The first-order valence-corrected chi connectivity index (χ1v) is 8.34. The van der Waals surface area contributed by atoms with Gasteiger partial charge in [-0.15, -0.1) is 11.8 Å². The molecule has 0 N–H and O–H groups in total. The SMILES string of the molecule is CCOC(=O)C1CCCN(C(=O)C2CCCCS2)C1. The average Bonchev–Trinajstić information content (AvgIpc) is 2.48. The van der Waals surface area contributed by atoms with Crippen molar-refractivity contribution < 1.29 is 14.3 Å². The predicted octanol–water partition coefficient (Wildman–Crippen LogP) is 2.07. The van der Waals surface area contributed by atoms with Crippen LogP contribution in [0.15, 0.2) is 0 Å². The lowest BCUT2D eigenvalue weighted by atomic mass is 9.97. The second kappa shape index (κ2) is 7.17. The Kier molecular flexibility index (Phi) is 5.55. The number of thioether (sulfide) groups is 1. The van der Waals surface area contributed by atoms with E-state index in [1.54, 1.807) is 11.8 Å². The fraction of sp³-hybridized carbons (Fsp3) is 0.857. The molecule has 4 nitrogen and oxygen atoms in total. The Balaban J connectivity index is 1.89. The van der Waals surface area contributed by atoms with Crippen LogP contribution in [0.25, 0.3) is 0 Å². The maximum Gasteiger partial charge on any atom is 0.310 e. The molecule has 2 rings (SSSR count). The summed E-state index contributed by atoms with van der Waals surface area (Å²) in [4.78, 5) is 26.1. The Bertz CT molecular complexity index is 329. The molecule has 0 aliphatic carbocycles. The number of esters is 1. The largest absolute Gasteiger partial charge is 0.466 e. The molecular formula is C14H23NO3S. The zero-order valence-corrected chi connectivity index (χ0v) is 12.4. The predicted molar refractivity (Wildman–Crippen MR) is 76.0 cm³/mol. The second-order valence-electron chi connectivity index (χ2n) is 5.23. The Morgan fingerprint density at radius 3 is 2.79 bits per heavy atom. The van der Waals surface area contributed by atoms with E-state index >= 15 is 0 Å². The molecule has 0 aromatic rings. The van der Waals surface area contributed by atoms with Gasteiger partial charge in [0.2, 0.25) is 5.91 Å². The van der Waals surface area contributed by atoms with Gasteiger partial charge < -0.3 is 9.64 Å². The van der Waals surface area contributed by atoms with E-state index in [1.165, 1.54) is 6.42 Å². The molecule has 5 heteroatoms. The molecule has 0 spiro atoms. The van der Waals surface area contributed by atoms with Crippen LogP contribution in [0, 0.1) is 5.92 Å². The van der Waals surface area contributed by atoms with Crippen LogP contribution >= 0.6 is 11.8 Å². The highest BCUT2D eigenvalue weighted by atomic mass is 32.2. The summed E-state index contributed by atoms with van der Waals surface area (Å²) in [5, 5.41) is 0.120. The van der Waals surface area contributed by atoms with E-state index in [2.05, 4.69) is 0 Å². The number of piperidine rings is 1. The number of hydrogen-bond acceptors (Lipinski definition) is 4. The van der Waals surface area contributed by atoms with Crippen molar-refractivity contribution in [3.8, 4) is 0 Å². The molecule has 2 aliphatic rings. The highest BCUT2D eigenvalue weighted by Gasteiger charge is 2.33. The van der Waals surface area contributed by atoms with E-state index in [-0.39, 0.29) is 23.0 Å². The molecule has 2 atom stereocenters. The summed E-state index contributed by atoms with van der Waals surface area (Å²) in [7, 11) is 0. The third-order valence-electron chi connectivity index (χ3n) is 3.81. The molecule has 1 amide bonds. The first-order valence-electron chi connectivity index (χ1n) is 7.29. The summed E-state index contributed by atoms with van der Waals surface area (Å²) in [5.41, 5.74) is 0. The molecule has 108 valence electrons. The van der Waals surface area contributed by atoms with E-state index < -0.39 is 0 Å². The van der Waals surface area contributed by atoms with Crippen LogP contribution in [0.4, 0.5) is 0 Å². The zero-order valence-electron chi connectivity index (χ0n) is 11.6. The molecular weight excluding hydrogens is 262 g/mol. The van der Waals surface area contributed by atoms with Gasteiger partial charge >= 0.3 is 5.97 Å². The number of carbonyl (C=O) groups excluding carboxylic acids is 2.